The smallest absolute Gasteiger partial charge is 0.333 e. The molecule has 0 saturated carbocycles. The molecule has 3 atom stereocenters. The van der Waals surface area contributed by atoms with Crippen molar-refractivity contribution in [3.8, 4) is 0 Å². The Hall–Kier alpha value is -2.03. The van der Waals surface area contributed by atoms with Gasteiger partial charge in [0.15, 0.2) is 11.9 Å². The van der Waals surface area contributed by atoms with Gasteiger partial charge in [-0.3, -0.25) is 4.79 Å². The third kappa shape index (κ3) is 7.07. The predicted molar refractivity (Wildman–Crippen MR) is 91.0 cm³/mol. The monoisotopic (exact) mass is 370 g/mol. The van der Waals surface area contributed by atoms with Crippen molar-refractivity contribution in [1.82, 2.24) is 0 Å². The zero-order valence-electron chi connectivity index (χ0n) is 15.4. The molecule has 0 spiro atoms. The molecule has 1 fully saturated rings. The topological polar surface area (TPSA) is 108 Å². The minimum absolute atomic E-state index is 0.117. The summed E-state index contributed by atoms with van der Waals surface area (Å²) in [5.41, 5.74) is 0.117. The largest absolute Gasteiger partial charge is 0.455 e. The minimum Gasteiger partial charge on any atom is -0.455 e. The summed E-state index contributed by atoms with van der Waals surface area (Å²) in [5.74, 6) is -2.59. The zero-order valence-corrected chi connectivity index (χ0v) is 15.4. The highest BCUT2D eigenvalue weighted by molar-refractivity contribution is 5.88. The molecule has 0 aromatic rings. The number of carbonyl (C=O) groups excluding carboxylic acids is 3. The van der Waals surface area contributed by atoms with Gasteiger partial charge in [-0.25, -0.2) is 9.59 Å². The molecular formula is C18H26O8. The van der Waals surface area contributed by atoms with Crippen LogP contribution in [0.2, 0.25) is 0 Å². The number of ketones is 1. The van der Waals surface area contributed by atoms with E-state index in [0.717, 1.165) is 6.08 Å². The Morgan fingerprint density at radius 3 is 2.42 bits per heavy atom. The third-order valence-corrected chi connectivity index (χ3v) is 3.61. The van der Waals surface area contributed by atoms with Crippen molar-refractivity contribution in [1.29, 1.82) is 0 Å². The van der Waals surface area contributed by atoms with Crippen molar-refractivity contribution in [2.45, 2.75) is 57.7 Å². The standard InChI is InChI=1S/C18H26O8/c1-6-16(21)24-14(8-12(3)20)15(9-19)25-17(22)11(2)7-13-10-23-18(4,5)26-13/h6,13-15,19H,1-2,7-10H2,3-5H3. The van der Waals surface area contributed by atoms with Gasteiger partial charge in [0.05, 0.1) is 19.3 Å². The van der Waals surface area contributed by atoms with Gasteiger partial charge >= 0.3 is 11.9 Å². The van der Waals surface area contributed by atoms with E-state index in [9.17, 15) is 19.5 Å². The van der Waals surface area contributed by atoms with Gasteiger partial charge in [-0.05, 0) is 20.8 Å². The molecule has 3 unspecified atom stereocenters. The normalized spacial score (nSPS) is 20.7. The van der Waals surface area contributed by atoms with E-state index in [0.29, 0.717) is 6.61 Å². The molecule has 1 saturated heterocycles. The summed E-state index contributed by atoms with van der Waals surface area (Å²) in [6, 6.07) is 0. The van der Waals surface area contributed by atoms with Crippen molar-refractivity contribution in [3.63, 3.8) is 0 Å². The Morgan fingerprint density at radius 2 is 1.96 bits per heavy atom. The van der Waals surface area contributed by atoms with Crippen molar-refractivity contribution >= 4 is 17.7 Å². The van der Waals surface area contributed by atoms with Gasteiger partial charge in [0, 0.05) is 24.5 Å². The molecule has 146 valence electrons. The van der Waals surface area contributed by atoms with Crippen molar-refractivity contribution in [3.05, 3.63) is 24.8 Å². The van der Waals surface area contributed by atoms with Gasteiger partial charge in [0.25, 0.3) is 0 Å². The minimum atomic E-state index is -1.20. The van der Waals surface area contributed by atoms with E-state index in [1.54, 1.807) is 13.8 Å². The average molecular weight is 370 g/mol. The van der Waals surface area contributed by atoms with Crippen LogP contribution in [0.25, 0.3) is 0 Å². The van der Waals surface area contributed by atoms with Crippen LogP contribution in [0.4, 0.5) is 0 Å². The molecule has 1 N–H and O–H groups in total. The molecular weight excluding hydrogens is 344 g/mol. The lowest BCUT2D eigenvalue weighted by Gasteiger charge is -2.25. The number of carbonyl (C=O) groups is 3. The molecule has 0 aromatic heterocycles. The molecule has 26 heavy (non-hydrogen) atoms. The lowest BCUT2D eigenvalue weighted by atomic mass is 10.1. The van der Waals surface area contributed by atoms with Crippen LogP contribution >= 0.6 is 0 Å². The molecule has 0 radical (unpaired) electrons. The summed E-state index contributed by atoms with van der Waals surface area (Å²) in [6.07, 6.45) is -1.78. The molecule has 1 aliphatic rings. The summed E-state index contributed by atoms with van der Waals surface area (Å²) >= 11 is 0. The molecule has 8 nitrogen and oxygen atoms in total. The summed E-state index contributed by atoms with van der Waals surface area (Å²) in [6.45, 7) is 11.4. The highest BCUT2D eigenvalue weighted by Crippen LogP contribution is 2.26. The van der Waals surface area contributed by atoms with Gasteiger partial charge in [-0.1, -0.05) is 13.2 Å². The van der Waals surface area contributed by atoms with Crippen LogP contribution in [0.1, 0.15) is 33.6 Å². The fourth-order valence-corrected chi connectivity index (χ4v) is 2.40. The maximum atomic E-state index is 12.2. The van der Waals surface area contributed by atoms with E-state index in [-0.39, 0.29) is 30.3 Å². The van der Waals surface area contributed by atoms with Crippen molar-refractivity contribution < 1.29 is 38.4 Å². The Balaban J connectivity index is 2.68. The fraction of sp³-hybridized carbons (Fsp3) is 0.611. The summed E-state index contributed by atoms with van der Waals surface area (Å²) in [4.78, 5) is 35.0. The fourth-order valence-electron chi connectivity index (χ4n) is 2.40. The number of aliphatic hydroxyl groups is 1. The predicted octanol–water partition coefficient (Wildman–Crippen LogP) is 1.07. The van der Waals surface area contributed by atoms with Crippen LogP contribution in [0, 0.1) is 0 Å². The van der Waals surface area contributed by atoms with Crippen LogP contribution in [-0.2, 0) is 33.3 Å². The van der Waals surface area contributed by atoms with Crippen LogP contribution in [-0.4, -0.2) is 60.1 Å². The highest BCUT2D eigenvalue weighted by Gasteiger charge is 2.35. The summed E-state index contributed by atoms with van der Waals surface area (Å²) in [5, 5.41) is 9.50. The molecule has 8 heteroatoms. The first-order valence-corrected chi connectivity index (χ1v) is 8.21. The van der Waals surface area contributed by atoms with Gasteiger partial charge < -0.3 is 24.1 Å². The van der Waals surface area contributed by atoms with Crippen LogP contribution in [0.15, 0.2) is 24.8 Å². The van der Waals surface area contributed by atoms with E-state index >= 15 is 0 Å². The highest BCUT2D eigenvalue weighted by atomic mass is 16.7. The van der Waals surface area contributed by atoms with E-state index in [2.05, 4.69) is 13.2 Å². The molecule has 0 aromatic carbocycles. The molecule has 0 aliphatic carbocycles. The van der Waals surface area contributed by atoms with Crippen molar-refractivity contribution in [2.24, 2.45) is 0 Å². The Kier molecular flexibility index (Phi) is 8.13. The van der Waals surface area contributed by atoms with Crippen molar-refractivity contribution in [2.75, 3.05) is 13.2 Å². The summed E-state index contributed by atoms with van der Waals surface area (Å²) < 4.78 is 21.2. The molecule has 1 aliphatic heterocycles. The van der Waals surface area contributed by atoms with E-state index < -0.39 is 36.5 Å². The number of esters is 2. The second-order valence-electron chi connectivity index (χ2n) is 6.47. The number of hydrogen-bond acceptors (Lipinski definition) is 8. The van der Waals surface area contributed by atoms with Gasteiger partial charge in [-0.2, -0.15) is 0 Å². The second kappa shape index (κ2) is 9.61. The maximum Gasteiger partial charge on any atom is 0.333 e. The van der Waals surface area contributed by atoms with Gasteiger partial charge in [0.1, 0.15) is 11.9 Å². The maximum absolute atomic E-state index is 12.2. The number of ether oxygens (including phenoxy) is 4. The third-order valence-electron chi connectivity index (χ3n) is 3.61. The summed E-state index contributed by atoms with van der Waals surface area (Å²) in [7, 11) is 0. The zero-order chi connectivity index (χ0) is 19.9. The van der Waals surface area contributed by atoms with Gasteiger partial charge in [-0.15, -0.1) is 0 Å². The first-order valence-electron chi connectivity index (χ1n) is 8.21. The van der Waals surface area contributed by atoms with Gasteiger partial charge in [0.2, 0.25) is 0 Å². The Labute approximate surface area is 152 Å². The van der Waals surface area contributed by atoms with Crippen LogP contribution in [0.3, 0.4) is 0 Å². The number of rotatable bonds is 10. The molecule has 0 amide bonds. The Bertz CT molecular complexity index is 566. The lowest BCUT2D eigenvalue weighted by Crippen LogP contribution is -2.39. The first kappa shape index (κ1) is 22.0. The number of hydrogen-bond donors (Lipinski definition) is 1. The Morgan fingerprint density at radius 1 is 1.31 bits per heavy atom. The second-order valence-corrected chi connectivity index (χ2v) is 6.47. The van der Waals surface area contributed by atoms with Crippen LogP contribution in [0.5, 0.6) is 0 Å². The first-order chi connectivity index (χ1) is 12.1. The van der Waals surface area contributed by atoms with E-state index in [1.165, 1.54) is 6.92 Å². The lowest BCUT2D eigenvalue weighted by molar-refractivity contribution is -0.167. The number of Topliss-reactive ketones (excluding diaryl/α,β-unsaturated/α-hetero) is 1. The van der Waals surface area contributed by atoms with E-state index in [4.69, 9.17) is 18.9 Å². The molecule has 1 rings (SSSR count). The average Bonchev–Trinajstić information content (AvgIpc) is 2.89. The van der Waals surface area contributed by atoms with E-state index in [1.807, 2.05) is 0 Å². The SMILES string of the molecule is C=CC(=O)OC(CC(C)=O)C(CO)OC(=O)C(=C)CC1COC(C)(C)O1. The quantitative estimate of drug-likeness (QED) is 0.449. The molecule has 1 heterocycles. The molecule has 0 bridgehead atoms. The van der Waals surface area contributed by atoms with Crippen LogP contribution < -0.4 is 0 Å². The number of aliphatic hydroxyl groups excluding tert-OH is 1.